The van der Waals surface area contributed by atoms with Crippen LogP contribution < -0.4 is 5.32 Å². The molecule has 0 bridgehead atoms. The molecule has 1 saturated heterocycles. The van der Waals surface area contributed by atoms with E-state index in [9.17, 15) is 9.59 Å². The molecule has 0 spiro atoms. The van der Waals surface area contributed by atoms with Crippen LogP contribution in [0.25, 0.3) is 0 Å². The van der Waals surface area contributed by atoms with Gasteiger partial charge in [-0.25, -0.2) is 14.6 Å². The minimum atomic E-state index is -0.963. The Morgan fingerprint density at radius 3 is 3.06 bits per heavy atom. The van der Waals surface area contributed by atoms with Crippen molar-refractivity contribution in [2.24, 2.45) is 0 Å². The molecule has 8 heteroatoms. The van der Waals surface area contributed by atoms with Crippen molar-refractivity contribution in [3.05, 3.63) is 12.2 Å². The zero-order valence-corrected chi connectivity index (χ0v) is 9.96. The van der Waals surface area contributed by atoms with Crippen molar-refractivity contribution in [3.63, 3.8) is 0 Å². The molecule has 1 aromatic heterocycles. The first-order valence-electron chi connectivity index (χ1n) is 5.75. The van der Waals surface area contributed by atoms with Crippen molar-refractivity contribution in [2.45, 2.75) is 31.8 Å². The standard InChI is InChI=1S/C10H15N5O3/c1-6(8-11-5-12-14-8)13-10(18)15-4-2-3-7(15)9(16)17/h5-7H,2-4H2,1H3,(H,13,18)(H,16,17)(H,11,12,14)/t6?,7-/m0/s1. The summed E-state index contributed by atoms with van der Waals surface area (Å²) in [5.74, 6) is -0.426. The van der Waals surface area contributed by atoms with Crippen LogP contribution in [0.3, 0.4) is 0 Å². The highest BCUT2D eigenvalue weighted by Gasteiger charge is 2.34. The van der Waals surface area contributed by atoms with E-state index in [0.29, 0.717) is 25.2 Å². The molecular weight excluding hydrogens is 238 g/mol. The van der Waals surface area contributed by atoms with E-state index in [0.717, 1.165) is 0 Å². The summed E-state index contributed by atoms with van der Waals surface area (Å²) in [5.41, 5.74) is 0. The number of urea groups is 1. The van der Waals surface area contributed by atoms with Crippen LogP contribution in [0.5, 0.6) is 0 Å². The van der Waals surface area contributed by atoms with Gasteiger partial charge >= 0.3 is 12.0 Å². The first-order chi connectivity index (χ1) is 8.59. The number of aromatic amines is 1. The summed E-state index contributed by atoms with van der Waals surface area (Å²) in [6.45, 7) is 2.22. The molecule has 1 fully saturated rings. The molecule has 2 amide bonds. The minimum Gasteiger partial charge on any atom is -0.480 e. The number of hydrogen-bond donors (Lipinski definition) is 3. The Hall–Kier alpha value is -2.12. The number of H-pyrrole nitrogens is 1. The molecule has 1 aromatic rings. The lowest BCUT2D eigenvalue weighted by Gasteiger charge is -2.23. The van der Waals surface area contributed by atoms with Gasteiger partial charge in [0.15, 0.2) is 0 Å². The van der Waals surface area contributed by atoms with Gasteiger partial charge in [0.1, 0.15) is 18.2 Å². The second-order valence-corrected chi connectivity index (χ2v) is 4.23. The molecular formula is C10H15N5O3. The van der Waals surface area contributed by atoms with Crippen molar-refractivity contribution >= 4 is 12.0 Å². The number of aromatic nitrogens is 3. The van der Waals surface area contributed by atoms with Crippen LogP contribution in [0.1, 0.15) is 31.6 Å². The normalized spacial score (nSPS) is 20.7. The molecule has 1 unspecified atom stereocenters. The number of hydrogen-bond acceptors (Lipinski definition) is 4. The lowest BCUT2D eigenvalue weighted by Crippen LogP contribution is -2.46. The number of likely N-dealkylation sites (tertiary alicyclic amines) is 1. The number of aliphatic carboxylic acids is 1. The maximum atomic E-state index is 12.0. The SMILES string of the molecule is CC(NC(=O)N1CCC[C@H]1C(=O)O)c1ncn[nH]1. The van der Waals surface area contributed by atoms with Gasteiger partial charge in [0.25, 0.3) is 0 Å². The Balaban J connectivity index is 1.97. The second kappa shape index (κ2) is 5.03. The lowest BCUT2D eigenvalue weighted by molar-refractivity contribution is -0.141. The fourth-order valence-electron chi connectivity index (χ4n) is 2.03. The molecule has 0 aromatic carbocycles. The molecule has 8 nitrogen and oxygen atoms in total. The van der Waals surface area contributed by atoms with Crippen molar-refractivity contribution in [1.82, 2.24) is 25.4 Å². The van der Waals surface area contributed by atoms with Crippen LogP contribution >= 0.6 is 0 Å². The van der Waals surface area contributed by atoms with E-state index in [-0.39, 0.29) is 12.1 Å². The van der Waals surface area contributed by atoms with Crippen molar-refractivity contribution in [2.75, 3.05) is 6.54 Å². The summed E-state index contributed by atoms with van der Waals surface area (Å²) in [6, 6.07) is -1.45. The zero-order chi connectivity index (χ0) is 13.1. The Morgan fingerprint density at radius 2 is 2.44 bits per heavy atom. The fraction of sp³-hybridized carbons (Fsp3) is 0.600. The molecule has 18 heavy (non-hydrogen) atoms. The van der Waals surface area contributed by atoms with E-state index in [4.69, 9.17) is 5.11 Å². The maximum absolute atomic E-state index is 12.0. The van der Waals surface area contributed by atoms with Gasteiger partial charge in [-0.05, 0) is 19.8 Å². The fourth-order valence-corrected chi connectivity index (χ4v) is 2.03. The summed E-state index contributed by atoms with van der Waals surface area (Å²) < 4.78 is 0. The number of carbonyl (C=O) groups excluding carboxylic acids is 1. The Morgan fingerprint density at radius 1 is 1.67 bits per heavy atom. The third-order valence-corrected chi connectivity index (χ3v) is 2.98. The van der Waals surface area contributed by atoms with Crippen LogP contribution in [0.15, 0.2) is 6.33 Å². The second-order valence-electron chi connectivity index (χ2n) is 4.23. The van der Waals surface area contributed by atoms with Gasteiger partial charge < -0.3 is 15.3 Å². The van der Waals surface area contributed by atoms with Gasteiger partial charge in [0.2, 0.25) is 0 Å². The number of carboxylic acid groups (broad SMARTS) is 1. The van der Waals surface area contributed by atoms with Crippen LogP contribution in [-0.2, 0) is 4.79 Å². The molecule has 2 heterocycles. The predicted molar refractivity (Wildman–Crippen MR) is 60.7 cm³/mol. The topological polar surface area (TPSA) is 111 Å². The Bertz CT molecular complexity index is 433. The molecule has 98 valence electrons. The first-order valence-corrected chi connectivity index (χ1v) is 5.75. The van der Waals surface area contributed by atoms with Crippen LogP contribution in [0, 0.1) is 0 Å². The van der Waals surface area contributed by atoms with E-state index in [1.54, 1.807) is 6.92 Å². The van der Waals surface area contributed by atoms with Crippen molar-refractivity contribution < 1.29 is 14.7 Å². The lowest BCUT2D eigenvalue weighted by atomic mass is 10.2. The summed E-state index contributed by atoms with van der Waals surface area (Å²) in [6.07, 6.45) is 2.56. The summed E-state index contributed by atoms with van der Waals surface area (Å²) in [4.78, 5) is 28.2. The van der Waals surface area contributed by atoms with Gasteiger partial charge in [-0.3, -0.25) is 5.10 Å². The molecule has 2 atom stereocenters. The van der Waals surface area contributed by atoms with E-state index < -0.39 is 12.0 Å². The molecule has 0 radical (unpaired) electrons. The minimum absolute atomic E-state index is 0.338. The zero-order valence-electron chi connectivity index (χ0n) is 9.96. The van der Waals surface area contributed by atoms with Gasteiger partial charge in [-0.15, -0.1) is 0 Å². The summed E-state index contributed by atoms with van der Waals surface area (Å²) in [5, 5.41) is 18.1. The Kier molecular flexibility index (Phi) is 3.45. The van der Waals surface area contributed by atoms with Crippen LogP contribution in [0.4, 0.5) is 4.79 Å². The monoisotopic (exact) mass is 253 g/mol. The van der Waals surface area contributed by atoms with Crippen molar-refractivity contribution in [3.8, 4) is 0 Å². The number of carbonyl (C=O) groups is 2. The van der Waals surface area contributed by atoms with E-state index in [1.807, 2.05) is 0 Å². The van der Waals surface area contributed by atoms with E-state index in [1.165, 1.54) is 11.2 Å². The third kappa shape index (κ3) is 2.41. The number of nitrogens with one attached hydrogen (secondary N) is 2. The smallest absolute Gasteiger partial charge is 0.326 e. The summed E-state index contributed by atoms with van der Waals surface area (Å²) in [7, 11) is 0. The number of rotatable bonds is 3. The van der Waals surface area contributed by atoms with Gasteiger partial charge in [0, 0.05) is 6.54 Å². The largest absolute Gasteiger partial charge is 0.480 e. The third-order valence-electron chi connectivity index (χ3n) is 2.98. The van der Waals surface area contributed by atoms with Crippen molar-refractivity contribution in [1.29, 1.82) is 0 Å². The van der Waals surface area contributed by atoms with Crippen LogP contribution in [0.2, 0.25) is 0 Å². The van der Waals surface area contributed by atoms with Gasteiger partial charge in [-0.2, -0.15) is 5.10 Å². The quantitative estimate of drug-likeness (QED) is 0.708. The molecule has 2 rings (SSSR count). The van der Waals surface area contributed by atoms with Gasteiger partial charge in [0.05, 0.1) is 6.04 Å². The molecule has 1 aliphatic heterocycles. The van der Waals surface area contributed by atoms with Crippen LogP contribution in [-0.4, -0.2) is 49.8 Å². The first kappa shape index (κ1) is 12.3. The average molecular weight is 253 g/mol. The highest BCUT2D eigenvalue weighted by molar-refractivity contribution is 5.83. The molecule has 1 aliphatic rings. The molecule has 0 aliphatic carbocycles. The van der Waals surface area contributed by atoms with E-state index >= 15 is 0 Å². The highest BCUT2D eigenvalue weighted by atomic mass is 16.4. The van der Waals surface area contributed by atoms with E-state index in [2.05, 4.69) is 20.5 Å². The molecule has 3 N–H and O–H groups in total. The number of amides is 2. The average Bonchev–Trinajstić information content (AvgIpc) is 3.00. The number of carboxylic acids is 1. The highest BCUT2D eigenvalue weighted by Crippen LogP contribution is 2.18. The maximum Gasteiger partial charge on any atom is 0.326 e. The Labute approximate surface area is 103 Å². The van der Waals surface area contributed by atoms with Gasteiger partial charge in [-0.1, -0.05) is 0 Å². The summed E-state index contributed by atoms with van der Waals surface area (Å²) >= 11 is 0. The molecule has 0 saturated carbocycles. The predicted octanol–water partition coefficient (Wildman–Crippen LogP) is 0.124. The number of nitrogens with zero attached hydrogens (tertiary/aromatic N) is 3.